The Morgan fingerprint density at radius 1 is 1.15 bits per heavy atom. The van der Waals surface area contributed by atoms with E-state index < -0.39 is 5.97 Å². The molecule has 1 aromatic heterocycles. The van der Waals surface area contributed by atoms with Crippen molar-refractivity contribution in [1.29, 1.82) is 0 Å². The zero-order chi connectivity index (χ0) is 14.7. The van der Waals surface area contributed by atoms with Crippen LogP contribution in [-0.4, -0.2) is 11.1 Å². The van der Waals surface area contributed by atoms with E-state index in [2.05, 4.69) is 25.2 Å². The first-order valence-electron chi connectivity index (χ1n) is 6.67. The number of anilines is 1. The van der Waals surface area contributed by atoms with Crippen molar-refractivity contribution in [2.24, 2.45) is 0 Å². The number of rotatable bonds is 5. The van der Waals surface area contributed by atoms with Crippen molar-refractivity contribution >= 4 is 11.7 Å². The molecule has 0 fully saturated rings. The molecule has 2 aromatic rings. The summed E-state index contributed by atoms with van der Waals surface area (Å²) >= 11 is 0. The van der Waals surface area contributed by atoms with Crippen molar-refractivity contribution < 1.29 is 14.3 Å². The Morgan fingerprint density at radius 2 is 1.85 bits per heavy atom. The van der Waals surface area contributed by atoms with Crippen molar-refractivity contribution in [3.8, 4) is 0 Å². The number of hydrogen-bond donors (Lipinski definition) is 2. The molecule has 1 unspecified atom stereocenters. The van der Waals surface area contributed by atoms with Crippen molar-refractivity contribution in [3.63, 3.8) is 0 Å². The van der Waals surface area contributed by atoms with Crippen LogP contribution in [0.4, 0.5) is 5.69 Å². The van der Waals surface area contributed by atoms with E-state index in [0.717, 1.165) is 5.69 Å². The van der Waals surface area contributed by atoms with E-state index in [0.29, 0.717) is 11.7 Å². The number of benzene rings is 1. The highest BCUT2D eigenvalue weighted by atomic mass is 16.4. The van der Waals surface area contributed by atoms with Crippen LogP contribution in [-0.2, 0) is 0 Å². The molecule has 1 heterocycles. The van der Waals surface area contributed by atoms with Crippen LogP contribution < -0.4 is 5.32 Å². The zero-order valence-electron chi connectivity index (χ0n) is 11.9. The van der Waals surface area contributed by atoms with E-state index in [1.54, 1.807) is 6.07 Å². The number of furan rings is 1. The third-order valence-corrected chi connectivity index (χ3v) is 3.22. The number of carbonyl (C=O) groups is 1. The summed E-state index contributed by atoms with van der Waals surface area (Å²) in [6.07, 6.45) is 0. The molecule has 20 heavy (non-hydrogen) atoms. The zero-order valence-corrected chi connectivity index (χ0v) is 11.9. The molecule has 106 valence electrons. The Balaban J connectivity index is 2.18. The molecule has 4 heteroatoms. The molecule has 0 radical (unpaired) electrons. The van der Waals surface area contributed by atoms with Crippen LogP contribution in [0, 0.1) is 0 Å². The second kappa shape index (κ2) is 5.82. The Bertz CT molecular complexity index is 601. The van der Waals surface area contributed by atoms with Gasteiger partial charge in [-0.05, 0) is 36.6 Å². The van der Waals surface area contributed by atoms with Crippen molar-refractivity contribution in [2.45, 2.75) is 32.7 Å². The molecule has 0 aliphatic rings. The fourth-order valence-electron chi connectivity index (χ4n) is 2.14. The molecule has 0 aliphatic heterocycles. The predicted molar refractivity (Wildman–Crippen MR) is 78.2 cm³/mol. The van der Waals surface area contributed by atoms with E-state index in [9.17, 15) is 4.79 Å². The van der Waals surface area contributed by atoms with Gasteiger partial charge in [0.2, 0.25) is 5.76 Å². The molecule has 0 amide bonds. The highest BCUT2D eigenvalue weighted by molar-refractivity contribution is 5.84. The molecule has 0 aliphatic carbocycles. The van der Waals surface area contributed by atoms with Gasteiger partial charge in [0.05, 0.1) is 6.04 Å². The maximum Gasteiger partial charge on any atom is 0.371 e. The van der Waals surface area contributed by atoms with Gasteiger partial charge in [0.25, 0.3) is 0 Å². The molecule has 0 spiro atoms. The summed E-state index contributed by atoms with van der Waals surface area (Å²) in [5.74, 6) is -0.0603. The summed E-state index contributed by atoms with van der Waals surface area (Å²) in [6.45, 7) is 6.22. The first-order valence-corrected chi connectivity index (χ1v) is 6.67. The van der Waals surface area contributed by atoms with Gasteiger partial charge < -0.3 is 14.8 Å². The highest BCUT2D eigenvalue weighted by Gasteiger charge is 2.15. The van der Waals surface area contributed by atoms with Crippen LogP contribution in [0.1, 0.15) is 54.6 Å². The number of nitrogens with one attached hydrogen (secondary N) is 1. The molecule has 1 atom stereocenters. The number of para-hydroxylation sites is 1. The molecule has 1 aromatic carbocycles. The lowest BCUT2D eigenvalue weighted by atomic mass is 10.0. The average Bonchev–Trinajstić information content (AvgIpc) is 2.89. The maximum atomic E-state index is 10.8. The average molecular weight is 273 g/mol. The summed E-state index contributed by atoms with van der Waals surface area (Å²) in [5.41, 5.74) is 2.27. The van der Waals surface area contributed by atoms with E-state index in [1.165, 1.54) is 11.6 Å². The van der Waals surface area contributed by atoms with Gasteiger partial charge >= 0.3 is 5.97 Å². The topological polar surface area (TPSA) is 62.5 Å². The quantitative estimate of drug-likeness (QED) is 0.853. The van der Waals surface area contributed by atoms with Crippen LogP contribution in [0.5, 0.6) is 0 Å². The molecule has 0 saturated carbocycles. The molecule has 0 bridgehead atoms. The van der Waals surface area contributed by atoms with E-state index in [1.807, 2.05) is 25.1 Å². The van der Waals surface area contributed by atoms with Gasteiger partial charge in [0.1, 0.15) is 5.76 Å². The van der Waals surface area contributed by atoms with E-state index in [-0.39, 0.29) is 11.8 Å². The van der Waals surface area contributed by atoms with Gasteiger partial charge in [-0.3, -0.25) is 0 Å². The van der Waals surface area contributed by atoms with Gasteiger partial charge in [0, 0.05) is 5.69 Å². The van der Waals surface area contributed by atoms with Gasteiger partial charge in [-0.1, -0.05) is 32.0 Å². The van der Waals surface area contributed by atoms with Gasteiger partial charge in [-0.15, -0.1) is 0 Å². The first-order chi connectivity index (χ1) is 9.49. The van der Waals surface area contributed by atoms with Crippen LogP contribution in [0.25, 0.3) is 0 Å². The lowest BCUT2D eigenvalue weighted by Crippen LogP contribution is -2.08. The molecule has 0 saturated heterocycles. The number of carboxylic acid groups (broad SMARTS) is 1. The largest absolute Gasteiger partial charge is 0.475 e. The lowest BCUT2D eigenvalue weighted by Gasteiger charge is -2.18. The van der Waals surface area contributed by atoms with Crippen molar-refractivity contribution in [3.05, 3.63) is 53.5 Å². The van der Waals surface area contributed by atoms with Crippen molar-refractivity contribution in [2.75, 3.05) is 5.32 Å². The molecule has 4 nitrogen and oxygen atoms in total. The Hall–Kier alpha value is -2.23. The van der Waals surface area contributed by atoms with Gasteiger partial charge in [-0.2, -0.15) is 0 Å². The third kappa shape index (κ3) is 3.02. The summed E-state index contributed by atoms with van der Waals surface area (Å²) < 4.78 is 5.32. The minimum Gasteiger partial charge on any atom is -0.475 e. The van der Waals surface area contributed by atoms with Crippen LogP contribution >= 0.6 is 0 Å². The monoisotopic (exact) mass is 273 g/mol. The summed E-state index contributed by atoms with van der Waals surface area (Å²) in [4.78, 5) is 10.8. The van der Waals surface area contributed by atoms with E-state index >= 15 is 0 Å². The Labute approximate surface area is 118 Å². The molecule has 2 N–H and O–H groups in total. The predicted octanol–water partition coefficient (Wildman–Crippen LogP) is 4.27. The Kier molecular flexibility index (Phi) is 4.13. The van der Waals surface area contributed by atoms with Gasteiger partial charge in [0.15, 0.2) is 0 Å². The number of hydrogen-bond acceptors (Lipinski definition) is 3. The number of aromatic carboxylic acids is 1. The maximum absolute atomic E-state index is 10.8. The summed E-state index contributed by atoms with van der Waals surface area (Å²) in [7, 11) is 0. The molecular formula is C16H19NO3. The fraction of sp³-hybridized carbons (Fsp3) is 0.312. The van der Waals surface area contributed by atoms with Crippen LogP contribution in [0.15, 0.2) is 40.8 Å². The summed E-state index contributed by atoms with van der Waals surface area (Å²) in [6, 6.07) is 11.2. The summed E-state index contributed by atoms with van der Waals surface area (Å²) in [5, 5.41) is 12.2. The minimum absolute atomic E-state index is 0.0363. The number of carboxylic acids is 1. The second-order valence-corrected chi connectivity index (χ2v) is 5.12. The normalized spacial score (nSPS) is 12.4. The first kappa shape index (κ1) is 14.2. The van der Waals surface area contributed by atoms with Crippen molar-refractivity contribution in [1.82, 2.24) is 0 Å². The minimum atomic E-state index is -1.05. The highest BCUT2D eigenvalue weighted by Crippen LogP contribution is 2.28. The fourth-order valence-corrected chi connectivity index (χ4v) is 2.14. The molecule has 2 rings (SSSR count). The van der Waals surface area contributed by atoms with Crippen LogP contribution in [0.2, 0.25) is 0 Å². The third-order valence-electron chi connectivity index (χ3n) is 3.22. The van der Waals surface area contributed by atoms with E-state index in [4.69, 9.17) is 9.52 Å². The lowest BCUT2D eigenvalue weighted by molar-refractivity contribution is 0.0660. The van der Waals surface area contributed by atoms with Crippen LogP contribution in [0.3, 0.4) is 0 Å². The van der Waals surface area contributed by atoms with Gasteiger partial charge in [-0.25, -0.2) is 4.79 Å². The second-order valence-electron chi connectivity index (χ2n) is 5.12. The standard InChI is InChI=1S/C16H19NO3/c1-10(2)12-6-4-5-7-13(12)17-11(3)14-8-9-15(20-14)16(18)19/h4-11,17H,1-3H3,(H,18,19). The Morgan fingerprint density at radius 3 is 2.45 bits per heavy atom. The smallest absolute Gasteiger partial charge is 0.371 e. The SMILES string of the molecule is CC(C)c1ccccc1NC(C)c1ccc(C(=O)O)o1. The molecular weight excluding hydrogens is 254 g/mol.